The Balaban J connectivity index is 1.72. The van der Waals surface area contributed by atoms with Gasteiger partial charge in [0.25, 0.3) is 0 Å². The molecule has 1 atom stereocenters. The van der Waals surface area contributed by atoms with E-state index in [1.54, 1.807) is 0 Å². The predicted molar refractivity (Wildman–Crippen MR) is 76.4 cm³/mol. The number of hydrogen-bond acceptors (Lipinski definition) is 5. The van der Waals surface area contributed by atoms with Crippen LogP contribution in [-0.4, -0.2) is 49.2 Å². The van der Waals surface area contributed by atoms with Gasteiger partial charge in [-0.1, -0.05) is 0 Å². The van der Waals surface area contributed by atoms with Gasteiger partial charge in [0.15, 0.2) is 5.13 Å². The van der Waals surface area contributed by atoms with Crippen LogP contribution in [0.2, 0.25) is 0 Å². The van der Waals surface area contributed by atoms with E-state index < -0.39 is 0 Å². The van der Waals surface area contributed by atoms with Crippen LogP contribution in [0.3, 0.4) is 0 Å². The van der Waals surface area contributed by atoms with E-state index in [1.807, 2.05) is 18.4 Å². The van der Waals surface area contributed by atoms with E-state index in [4.69, 9.17) is 4.98 Å². The maximum atomic E-state index is 4.75. The fourth-order valence-corrected chi connectivity index (χ4v) is 4.15. The largest absolute Gasteiger partial charge is 0.345 e. The molecule has 0 saturated carbocycles. The Labute approximate surface area is 113 Å². The van der Waals surface area contributed by atoms with Crippen LogP contribution in [0.15, 0.2) is 0 Å². The molecule has 0 bridgehead atoms. The van der Waals surface area contributed by atoms with E-state index in [2.05, 4.69) is 22.0 Å². The van der Waals surface area contributed by atoms with E-state index in [-0.39, 0.29) is 0 Å². The number of nitrogens with one attached hydrogen (secondary N) is 1. The summed E-state index contributed by atoms with van der Waals surface area (Å²) in [5.74, 6) is 0. The Morgan fingerprint density at radius 3 is 3.11 bits per heavy atom. The van der Waals surface area contributed by atoms with E-state index >= 15 is 0 Å². The lowest BCUT2D eigenvalue weighted by Crippen LogP contribution is -2.50. The summed E-state index contributed by atoms with van der Waals surface area (Å²) in [6.07, 6.45) is 2.74. The third-order valence-electron chi connectivity index (χ3n) is 4.08. The topological polar surface area (TPSA) is 31.4 Å². The second-order valence-corrected chi connectivity index (χ2v) is 6.38. The molecule has 100 valence electrons. The van der Waals surface area contributed by atoms with Crippen LogP contribution in [0, 0.1) is 6.92 Å². The number of fused-ring (bicyclic) bond motifs is 1. The van der Waals surface area contributed by atoms with Crippen LogP contribution in [0.25, 0.3) is 0 Å². The molecule has 2 aliphatic rings. The van der Waals surface area contributed by atoms with Crippen molar-refractivity contribution in [1.82, 2.24) is 15.2 Å². The SMILES string of the molecule is CNCc1sc(N2CCN3CCCC3C2)nc1C. The summed E-state index contributed by atoms with van der Waals surface area (Å²) >= 11 is 1.86. The lowest BCUT2D eigenvalue weighted by atomic mass is 10.2. The lowest BCUT2D eigenvalue weighted by molar-refractivity contribution is 0.231. The zero-order valence-electron chi connectivity index (χ0n) is 11.3. The summed E-state index contributed by atoms with van der Waals surface area (Å²) in [7, 11) is 2.00. The highest BCUT2D eigenvalue weighted by molar-refractivity contribution is 7.15. The number of aryl methyl sites for hydroxylation is 1. The summed E-state index contributed by atoms with van der Waals surface area (Å²) in [5, 5.41) is 4.45. The predicted octanol–water partition coefficient (Wildman–Crippen LogP) is 1.46. The number of piperazine rings is 1. The van der Waals surface area contributed by atoms with Gasteiger partial charge in [-0.25, -0.2) is 4.98 Å². The Morgan fingerprint density at radius 2 is 2.28 bits per heavy atom. The minimum Gasteiger partial charge on any atom is -0.345 e. The fraction of sp³-hybridized carbons (Fsp3) is 0.769. The standard InChI is InChI=1S/C13H22N4S/c1-10-12(8-14-2)18-13(15-10)17-7-6-16-5-3-4-11(16)9-17/h11,14H,3-9H2,1-2H3. The van der Waals surface area contributed by atoms with Crippen molar-refractivity contribution in [3.05, 3.63) is 10.6 Å². The van der Waals surface area contributed by atoms with Crippen LogP contribution in [0.4, 0.5) is 5.13 Å². The molecule has 0 radical (unpaired) electrons. The van der Waals surface area contributed by atoms with E-state index in [0.717, 1.165) is 19.1 Å². The molecule has 1 N–H and O–H groups in total. The second kappa shape index (κ2) is 5.15. The Hall–Kier alpha value is -0.650. The molecule has 2 aliphatic heterocycles. The van der Waals surface area contributed by atoms with Gasteiger partial charge < -0.3 is 10.2 Å². The first-order valence-electron chi connectivity index (χ1n) is 6.88. The number of anilines is 1. The number of thiazole rings is 1. The Bertz CT molecular complexity index is 417. The van der Waals surface area contributed by atoms with Crippen LogP contribution in [0.5, 0.6) is 0 Å². The van der Waals surface area contributed by atoms with Crippen molar-refractivity contribution in [3.63, 3.8) is 0 Å². The monoisotopic (exact) mass is 266 g/mol. The van der Waals surface area contributed by atoms with Crippen molar-refractivity contribution in [2.45, 2.75) is 32.4 Å². The lowest BCUT2D eigenvalue weighted by Gasteiger charge is -2.37. The fourth-order valence-electron chi connectivity index (χ4n) is 3.04. The van der Waals surface area contributed by atoms with Gasteiger partial charge in [0.2, 0.25) is 0 Å². The molecule has 0 spiro atoms. The molecule has 0 aliphatic carbocycles. The molecule has 2 saturated heterocycles. The van der Waals surface area contributed by atoms with Gasteiger partial charge in [-0.05, 0) is 33.4 Å². The smallest absolute Gasteiger partial charge is 0.185 e. The maximum absolute atomic E-state index is 4.75. The highest BCUT2D eigenvalue weighted by Gasteiger charge is 2.31. The first-order chi connectivity index (χ1) is 8.78. The first kappa shape index (κ1) is 12.4. The number of nitrogens with zero attached hydrogens (tertiary/aromatic N) is 3. The third-order valence-corrected chi connectivity index (χ3v) is 5.29. The van der Waals surface area contributed by atoms with E-state index in [1.165, 1.54) is 48.2 Å². The van der Waals surface area contributed by atoms with Gasteiger partial charge in [-0.3, -0.25) is 4.90 Å². The number of rotatable bonds is 3. The first-order valence-corrected chi connectivity index (χ1v) is 7.69. The summed E-state index contributed by atoms with van der Waals surface area (Å²) in [6, 6.07) is 0.774. The quantitative estimate of drug-likeness (QED) is 0.897. The maximum Gasteiger partial charge on any atom is 0.185 e. The summed E-state index contributed by atoms with van der Waals surface area (Å²) in [6.45, 7) is 7.89. The average Bonchev–Trinajstić information content (AvgIpc) is 2.96. The third kappa shape index (κ3) is 2.27. The zero-order valence-corrected chi connectivity index (χ0v) is 12.1. The van der Waals surface area contributed by atoms with Gasteiger partial charge >= 0.3 is 0 Å². The Kier molecular flexibility index (Phi) is 3.54. The molecule has 3 heterocycles. The summed E-state index contributed by atoms with van der Waals surface area (Å²) in [5.41, 5.74) is 1.19. The van der Waals surface area contributed by atoms with Gasteiger partial charge in [-0.15, -0.1) is 11.3 Å². The number of aromatic nitrogens is 1. The number of hydrogen-bond donors (Lipinski definition) is 1. The average molecular weight is 266 g/mol. The molecule has 2 fully saturated rings. The Morgan fingerprint density at radius 1 is 1.39 bits per heavy atom. The van der Waals surface area contributed by atoms with Crippen molar-refractivity contribution in [1.29, 1.82) is 0 Å². The zero-order chi connectivity index (χ0) is 12.5. The highest BCUT2D eigenvalue weighted by atomic mass is 32.1. The molecule has 1 aromatic heterocycles. The summed E-state index contributed by atoms with van der Waals surface area (Å²) in [4.78, 5) is 11.3. The van der Waals surface area contributed by atoms with Crippen molar-refractivity contribution < 1.29 is 0 Å². The minimum absolute atomic E-state index is 0.774. The molecule has 5 heteroatoms. The molecule has 4 nitrogen and oxygen atoms in total. The van der Waals surface area contributed by atoms with Crippen LogP contribution in [-0.2, 0) is 6.54 Å². The minimum atomic E-state index is 0.774. The molecule has 18 heavy (non-hydrogen) atoms. The normalized spacial score (nSPS) is 24.6. The van der Waals surface area contributed by atoms with Crippen molar-refractivity contribution in [2.75, 3.05) is 38.1 Å². The molecular formula is C13H22N4S. The van der Waals surface area contributed by atoms with Crippen molar-refractivity contribution in [2.24, 2.45) is 0 Å². The highest BCUT2D eigenvalue weighted by Crippen LogP contribution is 2.30. The molecule has 0 amide bonds. The van der Waals surface area contributed by atoms with Gasteiger partial charge in [0.05, 0.1) is 5.69 Å². The van der Waals surface area contributed by atoms with Gasteiger partial charge in [0.1, 0.15) is 0 Å². The van der Waals surface area contributed by atoms with Crippen molar-refractivity contribution in [3.8, 4) is 0 Å². The van der Waals surface area contributed by atoms with Gasteiger partial charge in [0, 0.05) is 37.1 Å². The second-order valence-electron chi connectivity index (χ2n) is 5.31. The molecule has 1 aromatic rings. The van der Waals surface area contributed by atoms with Crippen LogP contribution >= 0.6 is 11.3 Å². The molecule has 0 aromatic carbocycles. The van der Waals surface area contributed by atoms with E-state index in [0.29, 0.717) is 0 Å². The van der Waals surface area contributed by atoms with Crippen LogP contribution < -0.4 is 10.2 Å². The van der Waals surface area contributed by atoms with Crippen LogP contribution in [0.1, 0.15) is 23.4 Å². The molecule has 1 unspecified atom stereocenters. The molecule has 3 rings (SSSR count). The summed E-state index contributed by atoms with van der Waals surface area (Å²) < 4.78 is 0. The van der Waals surface area contributed by atoms with Crippen molar-refractivity contribution >= 4 is 16.5 Å². The molecular weight excluding hydrogens is 244 g/mol. The van der Waals surface area contributed by atoms with E-state index in [9.17, 15) is 0 Å². The van der Waals surface area contributed by atoms with Gasteiger partial charge in [-0.2, -0.15) is 0 Å².